The quantitative estimate of drug-likeness (QED) is 0.729. The first-order valence-corrected chi connectivity index (χ1v) is 7.34. The molecule has 0 saturated carbocycles. The standard InChI is InChI=1S/C18H14BClO2/c20-16-5-3-4-14(12-16)18-7-2-1-6-17(18)13-8-10-15(11-9-13)19(21)22/h1-12,21-22H. The van der Waals surface area contributed by atoms with Gasteiger partial charge in [0.15, 0.2) is 0 Å². The molecule has 0 radical (unpaired) electrons. The third kappa shape index (κ3) is 3.07. The summed E-state index contributed by atoms with van der Waals surface area (Å²) in [6.07, 6.45) is 0. The van der Waals surface area contributed by atoms with E-state index in [-0.39, 0.29) is 0 Å². The highest BCUT2D eigenvalue weighted by atomic mass is 35.5. The molecular formula is C18H14BClO2. The van der Waals surface area contributed by atoms with Crippen LogP contribution >= 0.6 is 11.6 Å². The van der Waals surface area contributed by atoms with Gasteiger partial charge in [0, 0.05) is 5.02 Å². The summed E-state index contributed by atoms with van der Waals surface area (Å²) in [7, 11) is -1.45. The van der Waals surface area contributed by atoms with Crippen LogP contribution in [-0.2, 0) is 0 Å². The zero-order chi connectivity index (χ0) is 15.5. The van der Waals surface area contributed by atoms with Crippen molar-refractivity contribution in [2.75, 3.05) is 0 Å². The van der Waals surface area contributed by atoms with Gasteiger partial charge in [-0.2, -0.15) is 0 Å². The van der Waals surface area contributed by atoms with E-state index in [1.807, 2.05) is 54.6 Å². The van der Waals surface area contributed by atoms with Crippen LogP contribution in [0.4, 0.5) is 0 Å². The van der Waals surface area contributed by atoms with E-state index >= 15 is 0 Å². The molecule has 3 aromatic carbocycles. The van der Waals surface area contributed by atoms with Crippen LogP contribution in [0.25, 0.3) is 22.3 Å². The summed E-state index contributed by atoms with van der Waals surface area (Å²) in [6, 6.07) is 23.0. The lowest BCUT2D eigenvalue weighted by Gasteiger charge is -2.11. The summed E-state index contributed by atoms with van der Waals surface area (Å²) in [6.45, 7) is 0. The first-order chi connectivity index (χ1) is 10.6. The number of hydrogen-bond acceptors (Lipinski definition) is 2. The molecule has 22 heavy (non-hydrogen) atoms. The molecule has 0 aliphatic rings. The predicted octanol–water partition coefficient (Wildman–Crippen LogP) is 3.35. The second kappa shape index (κ2) is 6.36. The molecule has 0 amide bonds. The minimum absolute atomic E-state index is 0.476. The highest BCUT2D eigenvalue weighted by molar-refractivity contribution is 6.58. The Labute approximate surface area is 134 Å². The summed E-state index contributed by atoms with van der Waals surface area (Å²) in [4.78, 5) is 0. The zero-order valence-electron chi connectivity index (χ0n) is 11.8. The monoisotopic (exact) mass is 308 g/mol. The normalized spacial score (nSPS) is 10.5. The number of halogens is 1. The van der Waals surface area contributed by atoms with Crippen molar-refractivity contribution in [3.63, 3.8) is 0 Å². The molecule has 0 fully saturated rings. The van der Waals surface area contributed by atoms with Crippen molar-refractivity contribution < 1.29 is 10.0 Å². The lowest BCUT2D eigenvalue weighted by molar-refractivity contribution is 0.426. The zero-order valence-corrected chi connectivity index (χ0v) is 12.5. The smallest absolute Gasteiger partial charge is 0.423 e. The van der Waals surface area contributed by atoms with E-state index in [1.54, 1.807) is 12.1 Å². The maximum atomic E-state index is 9.19. The highest BCUT2D eigenvalue weighted by Gasteiger charge is 2.12. The van der Waals surface area contributed by atoms with E-state index in [9.17, 15) is 10.0 Å². The van der Waals surface area contributed by atoms with E-state index in [0.717, 1.165) is 22.3 Å². The van der Waals surface area contributed by atoms with Crippen LogP contribution in [0.3, 0.4) is 0 Å². The van der Waals surface area contributed by atoms with Crippen LogP contribution in [0.1, 0.15) is 0 Å². The van der Waals surface area contributed by atoms with Crippen molar-refractivity contribution in [1.29, 1.82) is 0 Å². The van der Waals surface area contributed by atoms with Gasteiger partial charge in [0.2, 0.25) is 0 Å². The van der Waals surface area contributed by atoms with Crippen molar-refractivity contribution in [3.8, 4) is 22.3 Å². The first-order valence-electron chi connectivity index (χ1n) is 6.96. The summed E-state index contributed by atoms with van der Waals surface area (Å²) >= 11 is 6.09. The van der Waals surface area contributed by atoms with Crippen molar-refractivity contribution in [2.24, 2.45) is 0 Å². The Balaban J connectivity index is 2.08. The van der Waals surface area contributed by atoms with Crippen molar-refractivity contribution >= 4 is 24.2 Å². The lowest BCUT2D eigenvalue weighted by atomic mass is 9.79. The third-order valence-corrected chi connectivity index (χ3v) is 3.82. The van der Waals surface area contributed by atoms with E-state index < -0.39 is 7.12 Å². The van der Waals surface area contributed by atoms with Gasteiger partial charge in [-0.05, 0) is 39.8 Å². The van der Waals surface area contributed by atoms with Crippen LogP contribution in [0.2, 0.25) is 5.02 Å². The Morgan fingerprint density at radius 2 is 1.32 bits per heavy atom. The van der Waals surface area contributed by atoms with Gasteiger partial charge >= 0.3 is 7.12 Å². The minimum Gasteiger partial charge on any atom is -0.423 e. The van der Waals surface area contributed by atoms with E-state index in [4.69, 9.17) is 11.6 Å². The number of rotatable bonds is 3. The topological polar surface area (TPSA) is 40.5 Å². The van der Waals surface area contributed by atoms with Crippen LogP contribution in [0, 0.1) is 0 Å². The molecule has 0 unspecified atom stereocenters. The van der Waals surface area contributed by atoms with Gasteiger partial charge < -0.3 is 10.0 Å². The second-order valence-electron chi connectivity index (χ2n) is 5.05. The molecule has 108 valence electrons. The van der Waals surface area contributed by atoms with Gasteiger partial charge in [-0.25, -0.2) is 0 Å². The summed E-state index contributed by atoms with van der Waals surface area (Å²) in [5, 5.41) is 19.1. The number of benzene rings is 3. The Bertz CT molecular complexity index is 785. The van der Waals surface area contributed by atoms with Crippen molar-refractivity contribution in [2.45, 2.75) is 0 Å². The fourth-order valence-electron chi connectivity index (χ4n) is 2.48. The predicted molar refractivity (Wildman–Crippen MR) is 92.1 cm³/mol. The Morgan fingerprint density at radius 3 is 1.91 bits per heavy atom. The molecule has 3 aromatic rings. The fourth-order valence-corrected chi connectivity index (χ4v) is 2.67. The van der Waals surface area contributed by atoms with E-state index in [1.165, 1.54) is 0 Å². The SMILES string of the molecule is OB(O)c1ccc(-c2ccccc2-c2cccc(Cl)c2)cc1. The van der Waals surface area contributed by atoms with Crippen LogP contribution in [-0.4, -0.2) is 17.2 Å². The van der Waals surface area contributed by atoms with Crippen molar-refractivity contribution in [1.82, 2.24) is 0 Å². The molecular weight excluding hydrogens is 294 g/mol. The van der Waals surface area contributed by atoms with Crippen LogP contribution < -0.4 is 5.46 Å². The molecule has 2 N–H and O–H groups in total. The highest BCUT2D eigenvalue weighted by Crippen LogP contribution is 2.32. The second-order valence-corrected chi connectivity index (χ2v) is 5.49. The molecule has 0 spiro atoms. The summed E-state index contributed by atoms with van der Waals surface area (Å²) < 4.78 is 0. The minimum atomic E-state index is -1.45. The van der Waals surface area contributed by atoms with Gasteiger partial charge in [0.1, 0.15) is 0 Å². The third-order valence-electron chi connectivity index (χ3n) is 3.58. The maximum absolute atomic E-state index is 9.19. The Kier molecular flexibility index (Phi) is 4.30. The average Bonchev–Trinajstić information content (AvgIpc) is 2.55. The van der Waals surface area contributed by atoms with E-state index in [2.05, 4.69) is 6.07 Å². The largest absolute Gasteiger partial charge is 0.488 e. The first kappa shape index (κ1) is 14.9. The van der Waals surface area contributed by atoms with Crippen LogP contribution in [0.5, 0.6) is 0 Å². The summed E-state index contributed by atoms with van der Waals surface area (Å²) in [5.41, 5.74) is 4.70. The molecule has 0 atom stereocenters. The average molecular weight is 309 g/mol. The van der Waals surface area contributed by atoms with Crippen molar-refractivity contribution in [3.05, 3.63) is 77.8 Å². The molecule has 0 aromatic heterocycles. The Hall–Kier alpha value is -2.07. The fraction of sp³-hybridized carbons (Fsp3) is 0. The lowest BCUT2D eigenvalue weighted by Crippen LogP contribution is -2.29. The van der Waals surface area contributed by atoms with Gasteiger partial charge in [0.05, 0.1) is 0 Å². The van der Waals surface area contributed by atoms with Gasteiger partial charge in [0.25, 0.3) is 0 Å². The molecule has 0 bridgehead atoms. The van der Waals surface area contributed by atoms with Crippen LogP contribution in [0.15, 0.2) is 72.8 Å². The number of hydrogen-bond donors (Lipinski definition) is 2. The maximum Gasteiger partial charge on any atom is 0.488 e. The summed E-state index contributed by atoms with van der Waals surface area (Å²) in [5.74, 6) is 0. The van der Waals surface area contributed by atoms with E-state index in [0.29, 0.717) is 10.5 Å². The molecule has 0 aliphatic carbocycles. The van der Waals surface area contributed by atoms with Gasteiger partial charge in [-0.3, -0.25) is 0 Å². The molecule has 0 saturated heterocycles. The van der Waals surface area contributed by atoms with Gasteiger partial charge in [-0.15, -0.1) is 0 Å². The molecule has 2 nitrogen and oxygen atoms in total. The molecule has 3 rings (SSSR count). The molecule has 0 heterocycles. The van der Waals surface area contributed by atoms with Gasteiger partial charge in [-0.1, -0.05) is 72.3 Å². The molecule has 0 aliphatic heterocycles. The molecule has 4 heteroatoms. The Morgan fingerprint density at radius 1 is 0.682 bits per heavy atom.